The zero-order valence-corrected chi connectivity index (χ0v) is 15.5. The van der Waals surface area contributed by atoms with E-state index in [0.717, 1.165) is 10.6 Å². The van der Waals surface area contributed by atoms with Crippen molar-refractivity contribution in [1.29, 1.82) is 0 Å². The maximum Gasteiger partial charge on any atom is 0.312 e. The highest BCUT2D eigenvalue weighted by atomic mass is 32.1. The number of rotatable bonds is 6. The third-order valence-electron chi connectivity index (χ3n) is 4.05. The van der Waals surface area contributed by atoms with E-state index in [2.05, 4.69) is 9.97 Å². The summed E-state index contributed by atoms with van der Waals surface area (Å²) >= 11 is 1.54. The number of carbonyl (C=O) groups is 1. The molecule has 0 saturated carbocycles. The molecule has 0 aliphatic heterocycles. The molecule has 0 amide bonds. The Hall–Kier alpha value is -3.19. The first-order chi connectivity index (χ1) is 13.2. The zero-order chi connectivity index (χ0) is 18.6. The Morgan fingerprint density at radius 1 is 1.22 bits per heavy atom. The van der Waals surface area contributed by atoms with Crippen LogP contribution in [0.1, 0.15) is 17.3 Å². The van der Waals surface area contributed by atoms with Gasteiger partial charge < -0.3 is 13.7 Å². The molecule has 1 aromatic carbocycles. The topological polar surface area (TPSA) is 70.2 Å². The van der Waals surface area contributed by atoms with Crippen LogP contribution in [-0.4, -0.2) is 20.5 Å². The van der Waals surface area contributed by atoms with Gasteiger partial charge >= 0.3 is 5.97 Å². The van der Waals surface area contributed by atoms with Gasteiger partial charge in [-0.3, -0.25) is 4.79 Å². The SMILES string of the molecule is Cc1oc(-c2cccs2)nc1CC(=O)OCc1nccn1-c1ccccc1. The fraction of sp³-hybridized carbons (Fsp3) is 0.150. The summed E-state index contributed by atoms with van der Waals surface area (Å²) < 4.78 is 13.0. The van der Waals surface area contributed by atoms with Gasteiger partial charge in [0.05, 0.1) is 17.0 Å². The summed E-state index contributed by atoms with van der Waals surface area (Å²) in [5.74, 6) is 1.45. The molecule has 7 heteroatoms. The standard InChI is InChI=1S/C20H17N3O3S/c1-14-16(22-20(26-14)17-8-5-11-27-17)12-19(24)25-13-18-21-9-10-23(18)15-6-3-2-4-7-15/h2-11H,12-13H2,1H3. The van der Waals surface area contributed by atoms with Gasteiger partial charge in [0.15, 0.2) is 5.82 Å². The number of nitrogens with zero attached hydrogens (tertiary/aromatic N) is 3. The number of benzene rings is 1. The average Bonchev–Trinajstić information content (AvgIpc) is 3.42. The molecule has 0 spiro atoms. The Kier molecular flexibility index (Phi) is 4.84. The second kappa shape index (κ2) is 7.59. The normalized spacial score (nSPS) is 10.9. The first kappa shape index (κ1) is 17.2. The number of thiophene rings is 1. The third-order valence-corrected chi connectivity index (χ3v) is 4.91. The molecule has 4 rings (SSSR count). The van der Waals surface area contributed by atoms with E-state index >= 15 is 0 Å². The van der Waals surface area contributed by atoms with Crippen LogP contribution in [0.4, 0.5) is 0 Å². The number of imidazole rings is 1. The van der Waals surface area contributed by atoms with Crippen molar-refractivity contribution in [2.75, 3.05) is 0 Å². The first-order valence-corrected chi connectivity index (χ1v) is 9.32. The maximum absolute atomic E-state index is 12.3. The summed E-state index contributed by atoms with van der Waals surface area (Å²) in [5.41, 5.74) is 1.56. The Morgan fingerprint density at radius 2 is 2.07 bits per heavy atom. The summed E-state index contributed by atoms with van der Waals surface area (Å²) in [4.78, 5) is 21.9. The van der Waals surface area contributed by atoms with Gasteiger partial charge in [0.25, 0.3) is 0 Å². The molecular formula is C20H17N3O3S. The van der Waals surface area contributed by atoms with Crippen LogP contribution < -0.4 is 0 Å². The fourth-order valence-electron chi connectivity index (χ4n) is 2.70. The summed E-state index contributed by atoms with van der Waals surface area (Å²) in [5, 5.41) is 1.96. The first-order valence-electron chi connectivity index (χ1n) is 8.44. The van der Waals surface area contributed by atoms with E-state index in [-0.39, 0.29) is 19.0 Å². The molecule has 6 nitrogen and oxygen atoms in total. The smallest absolute Gasteiger partial charge is 0.312 e. The molecule has 3 heterocycles. The van der Waals surface area contributed by atoms with Gasteiger partial charge in [-0.2, -0.15) is 0 Å². The van der Waals surface area contributed by atoms with Gasteiger partial charge in [-0.25, -0.2) is 9.97 Å². The largest absolute Gasteiger partial charge is 0.457 e. The number of aromatic nitrogens is 3. The van der Waals surface area contributed by atoms with E-state index in [4.69, 9.17) is 9.15 Å². The molecule has 0 unspecified atom stereocenters. The lowest BCUT2D eigenvalue weighted by Crippen LogP contribution is -2.11. The number of aryl methyl sites for hydroxylation is 1. The van der Waals surface area contributed by atoms with Crippen molar-refractivity contribution in [3.05, 3.63) is 77.5 Å². The second-order valence-electron chi connectivity index (χ2n) is 5.89. The van der Waals surface area contributed by atoms with Crippen molar-refractivity contribution in [2.45, 2.75) is 20.0 Å². The minimum absolute atomic E-state index is 0.0623. The van der Waals surface area contributed by atoms with Crippen molar-refractivity contribution < 1.29 is 13.9 Å². The van der Waals surface area contributed by atoms with Gasteiger partial charge in [-0.05, 0) is 30.5 Å². The maximum atomic E-state index is 12.3. The number of ether oxygens (including phenoxy) is 1. The molecule has 0 radical (unpaired) electrons. The molecule has 0 aliphatic rings. The number of hydrogen-bond donors (Lipinski definition) is 0. The molecule has 0 bridgehead atoms. The van der Waals surface area contributed by atoms with Crippen molar-refractivity contribution in [3.8, 4) is 16.5 Å². The molecule has 0 fully saturated rings. The van der Waals surface area contributed by atoms with Crippen molar-refractivity contribution in [1.82, 2.24) is 14.5 Å². The van der Waals surface area contributed by atoms with Gasteiger partial charge in [0.2, 0.25) is 5.89 Å². The van der Waals surface area contributed by atoms with E-state index in [0.29, 0.717) is 23.2 Å². The van der Waals surface area contributed by atoms with E-state index in [1.54, 1.807) is 24.5 Å². The Labute approximate surface area is 160 Å². The number of carbonyl (C=O) groups excluding carboxylic acids is 1. The second-order valence-corrected chi connectivity index (χ2v) is 6.83. The van der Waals surface area contributed by atoms with Crippen LogP contribution in [0.5, 0.6) is 0 Å². The van der Waals surface area contributed by atoms with E-state index < -0.39 is 0 Å². The van der Waals surface area contributed by atoms with E-state index in [1.165, 1.54) is 0 Å². The van der Waals surface area contributed by atoms with Gasteiger partial charge in [-0.1, -0.05) is 24.3 Å². The third kappa shape index (κ3) is 3.83. The van der Waals surface area contributed by atoms with Crippen LogP contribution in [0.25, 0.3) is 16.5 Å². The lowest BCUT2D eigenvalue weighted by Gasteiger charge is -2.08. The van der Waals surface area contributed by atoms with Crippen molar-refractivity contribution in [3.63, 3.8) is 0 Å². The highest BCUT2D eigenvalue weighted by Gasteiger charge is 2.17. The Balaban J connectivity index is 1.41. The average molecular weight is 379 g/mol. The van der Waals surface area contributed by atoms with Crippen LogP contribution in [-0.2, 0) is 22.6 Å². The predicted octanol–water partition coefficient (Wildman–Crippen LogP) is 4.18. The minimum atomic E-state index is -0.369. The van der Waals surface area contributed by atoms with Gasteiger partial charge in [0, 0.05) is 18.1 Å². The molecule has 0 aliphatic carbocycles. The van der Waals surface area contributed by atoms with E-state index in [1.807, 2.05) is 58.6 Å². The summed E-state index contributed by atoms with van der Waals surface area (Å²) in [6.45, 7) is 1.89. The number of esters is 1. The number of hydrogen-bond acceptors (Lipinski definition) is 6. The highest BCUT2D eigenvalue weighted by Crippen LogP contribution is 2.26. The molecule has 27 heavy (non-hydrogen) atoms. The fourth-order valence-corrected chi connectivity index (χ4v) is 3.34. The van der Waals surface area contributed by atoms with Crippen molar-refractivity contribution in [2.24, 2.45) is 0 Å². The summed E-state index contributed by atoms with van der Waals surface area (Å²) in [6, 6.07) is 13.7. The van der Waals surface area contributed by atoms with Crippen LogP contribution >= 0.6 is 11.3 Å². The molecule has 3 aromatic heterocycles. The predicted molar refractivity (Wildman–Crippen MR) is 102 cm³/mol. The Morgan fingerprint density at radius 3 is 2.85 bits per heavy atom. The molecular weight excluding hydrogens is 362 g/mol. The monoisotopic (exact) mass is 379 g/mol. The number of para-hydroxylation sites is 1. The summed E-state index contributed by atoms with van der Waals surface area (Å²) in [7, 11) is 0. The van der Waals surface area contributed by atoms with Crippen LogP contribution in [0.2, 0.25) is 0 Å². The Bertz CT molecular complexity index is 1040. The quantitative estimate of drug-likeness (QED) is 0.470. The van der Waals surface area contributed by atoms with Gasteiger partial charge in [-0.15, -0.1) is 11.3 Å². The van der Waals surface area contributed by atoms with Crippen LogP contribution in [0.3, 0.4) is 0 Å². The lowest BCUT2D eigenvalue weighted by atomic mass is 10.3. The highest BCUT2D eigenvalue weighted by molar-refractivity contribution is 7.13. The van der Waals surface area contributed by atoms with Gasteiger partial charge in [0.1, 0.15) is 12.4 Å². The number of oxazole rings is 1. The molecule has 4 aromatic rings. The van der Waals surface area contributed by atoms with Crippen molar-refractivity contribution >= 4 is 17.3 Å². The minimum Gasteiger partial charge on any atom is -0.457 e. The molecule has 136 valence electrons. The molecule has 0 saturated heterocycles. The van der Waals surface area contributed by atoms with Crippen LogP contribution in [0, 0.1) is 6.92 Å². The zero-order valence-electron chi connectivity index (χ0n) is 14.7. The van der Waals surface area contributed by atoms with Crippen LogP contribution in [0.15, 0.2) is 64.7 Å². The van der Waals surface area contributed by atoms with E-state index in [9.17, 15) is 4.79 Å². The summed E-state index contributed by atoms with van der Waals surface area (Å²) in [6.07, 6.45) is 3.59. The molecule has 0 atom stereocenters. The molecule has 0 N–H and O–H groups in total. The lowest BCUT2D eigenvalue weighted by molar-refractivity contribution is -0.144.